The van der Waals surface area contributed by atoms with Gasteiger partial charge in [-0.1, -0.05) is 82.8 Å². The fraction of sp³-hybridized carbons (Fsp3) is 0.417. The standard InChI is InChI=1S/C24H28B/c1-23(2,3)24(4,5)15-25-20-10-9-18-12-19-11-16-7-6-8-17(16)13-21(19)22(18)14-20/h6-7,9-11,13-14H,8,12,15H2,1-5H3. The summed E-state index contributed by atoms with van der Waals surface area (Å²) >= 11 is 0. The molecule has 0 aromatic heterocycles. The van der Waals surface area contributed by atoms with Gasteiger partial charge in [0.25, 0.3) is 0 Å². The molecule has 0 unspecified atom stereocenters. The molecule has 2 aliphatic rings. The van der Waals surface area contributed by atoms with Gasteiger partial charge < -0.3 is 0 Å². The van der Waals surface area contributed by atoms with Gasteiger partial charge in [-0.3, -0.25) is 0 Å². The maximum Gasteiger partial charge on any atom is 0.152 e. The molecule has 1 heteroatoms. The molecule has 0 saturated carbocycles. The summed E-state index contributed by atoms with van der Waals surface area (Å²) in [7, 11) is 2.43. The Morgan fingerprint density at radius 2 is 1.64 bits per heavy atom. The van der Waals surface area contributed by atoms with E-state index in [1.165, 1.54) is 38.8 Å². The minimum atomic E-state index is 0.288. The van der Waals surface area contributed by atoms with Crippen LogP contribution in [-0.4, -0.2) is 7.28 Å². The summed E-state index contributed by atoms with van der Waals surface area (Å²) in [4.78, 5) is 0. The summed E-state index contributed by atoms with van der Waals surface area (Å²) < 4.78 is 0. The second-order valence-corrected chi connectivity index (χ2v) is 9.45. The predicted octanol–water partition coefficient (Wildman–Crippen LogP) is 5.65. The average Bonchev–Trinajstić information content (AvgIpc) is 3.12. The zero-order valence-corrected chi connectivity index (χ0v) is 16.2. The quantitative estimate of drug-likeness (QED) is 0.546. The lowest BCUT2D eigenvalue weighted by Crippen LogP contribution is -2.33. The van der Waals surface area contributed by atoms with Gasteiger partial charge in [0, 0.05) is 0 Å². The molecule has 0 saturated heterocycles. The third-order valence-electron chi connectivity index (χ3n) is 6.68. The first-order valence-corrected chi connectivity index (χ1v) is 9.53. The van der Waals surface area contributed by atoms with Crippen LogP contribution in [0.2, 0.25) is 6.32 Å². The van der Waals surface area contributed by atoms with Gasteiger partial charge in [0.2, 0.25) is 0 Å². The van der Waals surface area contributed by atoms with Gasteiger partial charge >= 0.3 is 0 Å². The molecule has 1 radical (unpaired) electrons. The highest BCUT2D eigenvalue weighted by molar-refractivity contribution is 6.53. The van der Waals surface area contributed by atoms with Crippen molar-refractivity contribution in [3.05, 3.63) is 58.7 Å². The van der Waals surface area contributed by atoms with Gasteiger partial charge in [0.05, 0.1) is 0 Å². The van der Waals surface area contributed by atoms with Crippen LogP contribution in [0.25, 0.3) is 17.2 Å². The maximum atomic E-state index is 2.43. The van der Waals surface area contributed by atoms with Gasteiger partial charge in [-0.2, -0.15) is 0 Å². The van der Waals surface area contributed by atoms with E-state index < -0.39 is 0 Å². The number of rotatable bonds is 3. The number of hydrogen-bond acceptors (Lipinski definition) is 0. The van der Waals surface area contributed by atoms with E-state index >= 15 is 0 Å². The zero-order chi connectivity index (χ0) is 17.8. The predicted molar refractivity (Wildman–Crippen MR) is 111 cm³/mol. The van der Waals surface area contributed by atoms with E-state index in [0.717, 1.165) is 19.2 Å². The van der Waals surface area contributed by atoms with E-state index in [2.05, 4.69) is 84.4 Å². The summed E-state index contributed by atoms with van der Waals surface area (Å²) in [5, 5.41) is 0. The SMILES string of the molecule is CC(C)(C)C(C)(C)C[B]c1ccc2c(c1)-c1cc3c(cc1C2)C=CC3. The molecule has 2 aliphatic carbocycles. The molecule has 0 aliphatic heterocycles. The Balaban J connectivity index is 1.61. The van der Waals surface area contributed by atoms with Crippen molar-refractivity contribution >= 4 is 18.8 Å². The molecule has 0 amide bonds. The van der Waals surface area contributed by atoms with E-state index in [1.54, 1.807) is 0 Å². The van der Waals surface area contributed by atoms with E-state index in [1.807, 2.05) is 0 Å². The van der Waals surface area contributed by atoms with Gasteiger partial charge in [0.1, 0.15) is 0 Å². The first kappa shape index (κ1) is 16.7. The van der Waals surface area contributed by atoms with Crippen LogP contribution in [0.15, 0.2) is 36.4 Å². The Bertz CT molecular complexity index is 862. The summed E-state index contributed by atoms with van der Waals surface area (Å²) in [6.07, 6.45) is 7.82. The molecule has 2 aromatic rings. The molecule has 0 atom stereocenters. The Morgan fingerprint density at radius 3 is 2.40 bits per heavy atom. The first-order valence-electron chi connectivity index (χ1n) is 9.53. The van der Waals surface area contributed by atoms with Crippen LogP contribution in [0.1, 0.15) is 56.9 Å². The van der Waals surface area contributed by atoms with Crippen molar-refractivity contribution in [2.75, 3.05) is 0 Å². The summed E-state index contributed by atoms with van der Waals surface area (Å²) in [5.74, 6) is 0. The Hall–Kier alpha value is -1.76. The van der Waals surface area contributed by atoms with Crippen molar-refractivity contribution in [3.63, 3.8) is 0 Å². The summed E-state index contributed by atoms with van der Waals surface area (Å²) in [6, 6.07) is 11.9. The lowest BCUT2D eigenvalue weighted by Gasteiger charge is -2.39. The van der Waals surface area contributed by atoms with Crippen molar-refractivity contribution in [1.29, 1.82) is 0 Å². The second-order valence-electron chi connectivity index (χ2n) is 9.45. The highest BCUT2D eigenvalue weighted by Gasteiger charge is 2.32. The van der Waals surface area contributed by atoms with E-state index in [0.29, 0.717) is 5.41 Å². The number of allylic oxidation sites excluding steroid dienone is 1. The molecule has 0 heterocycles. The molecule has 0 nitrogen and oxygen atoms in total. The minimum Gasteiger partial charge on any atom is -0.0872 e. The highest BCUT2D eigenvalue weighted by Crippen LogP contribution is 2.41. The molecule has 0 spiro atoms. The monoisotopic (exact) mass is 327 g/mol. The van der Waals surface area contributed by atoms with Crippen LogP contribution >= 0.6 is 0 Å². The Kier molecular flexibility index (Phi) is 3.76. The molecule has 0 fully saturated rings. The number of benzene rings is 2. The van der Waals surface area contributed by atoms with E-state index in [9.17, 15) is 0 Å². The Labute approximate surface area is 153 Å². The molecule has 127 valence electrons. The van der Waals surface area contributed by atoms with Crippen molar-refractivity contribution < 1.29 is 0 Å². The van der Waals surface area contributed by atoms with Crippen molar-refractivity contribution in [3.8, 4) is 11.1 Å². The second kappa shape index (κ2) is 5.63. The van der Waals surface area contributed by atoms with E-state index in [4.69, 9.17) is 0 Å². The summed E-state index contributed by atoms with van der Waals surface area (Å²) in [6.45, 7) is 11.8. The van der Waals surface area contributed by atoms with Crippen molar-refractivity contribution in [2.45, 2.75) is 53.8 Å². The van der Waals surface area contributed by atoms with Crippen LogP contribution in [-0.2, 0) is 12.8 Å². The average molecular weight is 327 g/mol. The van der Waals surface area contributed by atoms with Crippen LogP contribution in [0.3, 0.4) is 0 Å². The normalized spacial score (nSPS) is 15.1. The molecular formula is C24H28B. The third kappa shape index (κ3) is 2.88. The fourth-order valence-corrected chi connectivity index (χ4v) is 3.76. The van der Waals surface area contributed by atoms with Crippen LogP contribution < -0.4 is 5.46 Å². The fourth-order valence-electron chi connectivity index (χ4n) is 3.76. The van der Waals surface area contributed by atoms with Crippen molar-refractivity contribution in [2.24, 2.45) is 10.8 Å². The van der Waals surface area contributed by atoms with Crippen LogP contribution in [0.4, 0.5) is 0 Å². The van der Waals surface area contributed by atoms with E-state index in [-0.39, 0.29) is 5.41 Å². The molecule has 4 rings (SSSR count). The summed E-state index contributed by atoms with van der Waals surface area (Å²) in [5.41, 5.74) is 10.7. The largest absolute Gasteiger partial charge is 0.152 e. The lowest BCUT2D eigenvalue weighted by molar-refractivity contribution is 0.157. The van der Waals surface area contributed by atoms with Crippen LogP contribution in [0, 0.1) is 10.8 Å². The third-order valence-corrected chi connectivity index (χ3v) is 6.68. The van der Waals surface area contributed by atoms with Gasteiger partial charge in [-0.15, -0.1) is 0 Å². The van der Waals surface area contributed by atoms with Crippen molar-refractivity contribution in [1.82, 2.24) is 0 Å². The molecule has 25 heavy (non-hydrogen) atoms. The molecule has 2 aromatic carbocycles. The van der Waals surface area contributed by atoms with Gasteiger partial charge in [-0.25, -0.2) is 0 Å². The maximum absolute atomic E-state index is 2.43. The highest BCUT2D eigenvalue weighted by atomic mass is 14.3. The lowest BCUT2D eigenvalue weighted by atomic mass is 9.53. The first-order chi connectivity index (χ1) is 11.7. The molecule has 0 N–H and O–H groups in total. The smallest absolute Gasteiger partial charge is 0.0872 e. The molecular weight excluding hydrogens is 299 g/mol. The number of hydrogen-bond donors (Lipinski definition) is 0. The topological polar surface area (TPSA) is 0 Å². The van der Waals surface area contributed by atoms with Gasteiger partial charge in [0.15, 0.2) is 7.28 Å². The Morgan fingerprint density at radius 1 is 0.880 bits per heavy atom. The minimum absolute atomic E-state index is 0.288. The van der Waals surface area contributed by atoms with Crippen LogP contribution in [0.5, 0.6) is 0 Å². The van der Waals surface area contributed by atoms with Gasteiger partial charge in [-0.05, 0) is 63.1 Å². The molecule has 0 bridgehead atoms. The number of fused-ring (bicyclic) bond motifs is 4. The zero-order valence-electron chi connectivity index (χ0n) is 16.2.